The van der Waals surface area contributed by atoms with E-state index in [4.69, 9.17) is 4.74 Å². The molecule has 0 unspecified atom stereocenters. The van der Waals surface area contributed by atoms with Crippen molar-refractivity contribution in [2.24, 2.45) is 0 Å². The topological polar surface area (TPSA) is 22.3 Å². The van der Waals surface area contributed by atoms with E-state index in [-0.39, 0.29) is 6.85 Å². The van der Waals surface area contributed by atoms with Crippen molar-refractivity contribution < 1.29 is 4.74 Å². The maximum Gasteiger partial charge on any atom is 0.336 e. The molecule has 0 N–H and O–H groups in total. The SMILES string of the molecule is c1ccc(N2B3c4ccc(-n5c6ccccc6c6ccccc65)cc4Oc4cc(-n5c6ccccc6c6ccccc65)cc(c43)-c3ccccc32)cc1. The van der Waals surface area contributed by atoms with Crippen molar-refractivity contribution >= 4 is 72.8 Å². The summed E-state index contributed by atoms with van der Waals surface area (Å²) < 4.78 is 12.0. The molecule has 2 aliphatic rings. The van der Waals surface area contributed by atoms with Crippen LogP contribution in [0.25, 0.3) is 66.1 Å². The summed E-state index contributed by atoms with van der Waals surface area (Å²) in [6.45, 7) is -0.0968. The Kier molecular flexibility index (Phi) is 5.83. The number of hydrogen-bond acceptors (Lipinski definition) is 2. The summed E-state index contributed by atoms with van der Waals surface area (Å²) in [4.78, 5) is 2.50. The molecule has 5 heteroatoms. The Labute approximate surface area is 306 Å². The van der Waals surface area contributed by atoms with E-state index in [2.05, 4.69) is 196 Å². The molecule has 53 heavy (non-hydrogen) atoms. The minimum Gasteiger partial charge on any atom is -0.458 e. The molecule has 12 rings (SSSR count). The van der Waals surface area contributed by atoms with Crippen molar-refractivity contribution in [2.75, 3.05) is 4.81 Å². The van der Waals surface area contributed by atoms with Crippen LogP contribution in [0.3, 0.4) is 0 Å². The second kappa shape index (κ2) is 10.8. The number of ether oxygens (including phenoxy) is 1. The molecule has 0 saturated carbocycles. The fraction of sp³-hybridized carbons (Fsp3) is 0. The lowest BCUT2D eigenvalue weighted by molar-refractivity contribution is 0.487. The number of anilines is 2. The van der Waals surface area contributed by atoms with Crippen molar-refractivity contribution in [3.63, 3.8) is 0 Å². The molecule has 0 atom stereocenters. The Morgan fingerprint density at radius 1 is 0.377 bits per heavy atom. The predicted octanol–water partition coefficient (Wildman–Crippen LogP) is 10.9. The van der Waals surface area contributed by atoms with Crippen LogP contribution in [-0.2, 0) is 0 Å². The molecule has 246 valence electrons. The second-order valence-corrected chi connectivity index (χ2v) is 14.1. The van der Waals surface area contributed by atoms with Crippen LogP contribution in [0, 0.1) is 0 Å². The van der Waals surface area contributed by atoms with E-state index in [1.54, 1.807) is 0 Å². The van der Waals surface area contributed by atoms with Gasteiger partial charge in [-0.3, -0.25) is 0 Å². The van der Waals surface area contributed by atoms with Gasteiger partial charge in [0.1, 0.15) is 11.5 Å². The van der Waals surface area contributed by atoms with E-state index in [0.717, 1.165) is 34.0 Å². The van der Waals surface area contributed by atoms with Crippen LogP contribution in [0.5, 0.6) is 11.5 Å². The van der Waals surface area contributed by atoms with Gasteiger partial charge < -0.3 is 18.7 Å². The molecule has 0 radical (unpaired) electrons. The first-order chi connectivity index (χ1) is 26.3. The maximum absolute atomic E-state index is 7.20. The Bertz CT molecular complexity index is 3020. The molecule has 4 nitrogen and oxygen atoms in total. The van der Waals surface area contributed by atoms with Crippen LogP contribution in [-0.4, -0.2) is 16.0 Å². The number of aromatic nitrogens is 2. The quantitative estimate of drug-likeness (QED) is 0.174. The van der Waals surface area contributed by atoms with E-state index in [1.165, 1.54) is 65.9 Å². The van der Waals surface area contributed by atoms with Gasteiger partial charge in [0.2, 0.25) is 0 Å². The van der Waals surface area contributed by atoms with Crippen LogP contribution in [0.15, 0.2) is 182 Å². The highest BCUT2D eigenvalue weighted by atomic mass is 16.5. The van der Waals surface area contributed by atoms with E-state index in [9.17, 15) is 0 Å². The first-order valence-corrected chi connectivity index (χ1v) is 18.2. The average Bonchev–Trinajstić information content (AvgIpc) is 3.74. The predicted molar refractivity (Wildman–Crippen MR) is 221 cm³/mol. The Morgan fingerprint density at radius 2 is 0.887 bits per heavy atom. The molecular formula is C48H30BN3O. The highest BCUT2D eigenvalue weighted by molar-refractivity contribution is 6.92. The van der Waals surface area contributed by atoms with Crippen LogP contribution in [0.1, 0.15) is 0 Å². The monoisotopic (exact) mass is 675 g/mol. The third kappa shape index (κ3) is 3.96. The molecule has 0 aliphatic carbocycles. The normalized spacial score (nSPS) is 13.0. The fourth-order valence-corrected chi connectivity index (χ4v) is 9.18. The van der Waals surface area contributed by atoms with Gasteiger partial charge in [0.25, 0.3) is 0 Å². The van der Waals surface area contributed by atoms with Gasteiger partial charge in [-0.15, -0.1) is 0 Å². The van der Waals surface area contributed by atoms with Gasteiger partial charge in [-0.25, -0.2) is 0 Å². The van der Waals surface area contributed by atoms with Gasteiger partial charge in [0.05, 0.1) is 27.8 Å². The van der Waals surface area contributed by atoms with Crippen molar-refractivity contribution in [3.05, 3.63) is 182 Å². The largest absolute Gasteiger partial charge is 0.458 e. The number of rotatable bonds is 3. The molecule has 0 spiro atoms. The third-order valence-corrected chi connectivity index (χ3v) is 11.3. The zero-order valence-electron chi connectivity index (χ0n) is 28.6. The first kappa shape index (κ1) is 28.7. The minimum atomic E-state index is -0.0968. The number of fused-ring (bicyclic) bond motifs is 10. The van der Waals surface area contributed by atoms with Crippen LogP contribution in [0.2, 0.25) is 0 Å². The highest BCUT2D eigenvalue weighted by Gasteiger charge is 2.44. The lowest BCUT2D eigenvalue weighted by Crippen LogP contribution is -2.59. The van der Waals surface area contributed by atoms with Gasteiger partial charge in [-0.05, 0) is 65.6 Å². The minimum absolute atomic E-state index is 0.0968. The van der Waals surface area contributed by atoms with Crippen molar-refractivity contribution in [2.45, 2.75) is 0 Å². The van der Waals surface area contributed by atoms with Crippen LogP contribution in [0.4, 0.5) is 11.4 Å². The van der Waals surface area contributed by atoms with Gasteiger partial charge in [0, 0.05) is 61.8 Å². The summed E-state index contributed by atoms with van der Waals surface area (Å²) in [5.41, 5.74) is 13.9. The molecule has 4 heterocycles. The standard InChI is InChI=1S/C48H30BN3O/c1-2-14-31(15-3-1)52-45-25-13-8-20-38(45)39-28-33(51-43-23-11-6-18-36(43)37-19-7-12-24-44(37)51)30-47-48(39)49(52)40-27-26-32(29-46(40)53-47)50-41-21-9-4-16-34(41)35-17-5-10-22-42(35)50/h1-30H. The molecule has 0 bridgehead atoms. The van der Waals surface area contributed by atoms with Crippen molar-refractivity contribution in [1.29, 1.82) is 0 Å². The molecular weight excluding hydrogens is 645 g/mol. The van der Waals surface area contributed by atoms with Crippen molar-refractivity contribution in [1.82, 2.24) is 9.13 Å². The van der Waals surface area contributed by atoms with Gasteiger partial charge >= 0.3 is 6.85 Å². The smallest absolute Gasteiger partial charge is 0.336 e. The summed E-state index contributed by atoms with van der Waals surface area (Å²) >= 11 is 0. The number of hydrogen-bond donors (Lipinski definition) is 0. The molecule has 0 amide bonds. The molecule has 2 aliphatic heterocycles. The Balaban J connectivity index is 1.15. The van der Waals surface area contributed by atoms with E-state index in [1.807, 2.05) is 0 Å². The molecule has 2 aromatic heterocycles. The van der Waals surface area contributed by atoms with Crippen LogP contribution >= 0.6 is 0 Å². The zero-order valence-corrected chi connectivity index (χ0v) is 28.6. The van der Waals surface area contributed by atoms with Gasteiger partial charge in [-0.1, -0.05) is 115 Å². The Hall–Kier alpha value is -6.98. The zero-order chi connectivity index (χ0) is 34.6. The van der Waals surface area contributed by atoms with E-state index < -0.39 is 0 Å². The van der Waals surface area contributed by atoms with Gasteiger partial charge in [-0.2, -0.15) is 0 Å². The summed E-state index contributed by atoms with van der Waals surface area (Å²) in [7, 11) is 0. The average molecular weight is 676 g/mol. The number of para-hydroxylation sites is 6. The summed E-state index contributed by atoms with van der Waals surface area (Å²) in [5, 5.41) is 4.97. The fourth-order valence-electron chi connectivity index (χ4n) is 9.18. The van der Waals surface area contributed by atoms with Gasteiger partial charge in [0.15, 0.2) is 0 Å². The lowest BCUT2D eigenvalue weighted by atomic mass is 9.44. The summed E-state index contributed by atoms with van der Waals surface area (Å²) in [6, 6.07) is 65.8. The molecule has 0 saturated heterocycles. The summed E-state index contributed by atoms with van der Waals surface area (Å²) in [5.74, 6) is 1.75. The van der Waals surface area contributed by atoms with Crippen molar-refractivity contribution in [3.8, 4) is 34.0 Å². The highest BCUT2D eigenvalue weighted by Crippen LogP contribution is 2.46. The molecule has 8 aromatic carbocycles. The Morgan fingerprint density at radius 3 is 1.51 bits per heavy atom. The molecule has 0 fully saturated rings. The number of nitrogens with zero attached hydrogens (tertiary/aromatic N) is 3. The first-order valence-electron chi connectivity index (χ1n) is 18.2. The van der Waals surface area contributed by atoms with Crippen LogP contribution < -0.4 is 20.5 Å². The maximum atomic E-state index is 7.20. The third-order valence-electron chi connectivity index (χ3n) is 11.3. The number of benzene rings is 8. The second-order valence-electron chi connectivity index (χ2n) is 14.1. The summed E-state index contributed by atoms with van der Waals surface area (Å²) in [6.07, 6.45) is 0. The lowest BCUT2D eigenvalue weighted by Gasteiger charge is -2.42. The molecule has 10 aromatic rings. The van der Waals surface area contributed by atoms with E-state index in [0.29, 0.717) is 0 Å². The van der Waals surface area contributed by atoms with E-state index >= 15 is 0 Å².